The lowest BCUT2D eigenvalue weighted by Gasteiger charge is -2.27. The maximum absolute atomic E-state index is 11.7. The lowest BCUT2D eigenvalue weighted by molar-refractivity contribution is -0.123. The van der Waals surface area contributed by atoms with Crippen LogP contribution in [-0.2, 0) is 4.79 Å². The van der Waals surface area contributed by atoms with Gasteiger partial charge >= 0.3 is 0 Å². The largest absolute Gasteiger partial charge is 0.484 e. The van der Waals surface area contributed by atoms with Crippen molar-refractivity contribution < 1.29 is 9.53 Å². The number of benzene rings is 1. The Morgan fingerprint density at radius 2 is 1.86 bits per heavy atom. The number of rotatable bonds is 6. The van der Waals surface area contributed by atoms with E-state index in [1.165, 1.54) is 0 Å². The molecule has 2 rings (SSSR count). The fraction of sp³-hybridized carbons (Fsp3) is 0.500. The van der Waals surface area contributed by atoms with Crippen LogP contribution in [0, 0.1) is 0 Å². The van der Waals surface area contributed by atoms with E-state index in [4.69, 9.17) is 27.9 Å². The highest BCUT2D eigenvalue weighted by atomic mass is 35.5. The van der Waals surface area contributed by atoms with E-state index in [2.05, 4.69) is 15.5 Å². The lowest BCUT2D eigenvalue weighted by atomic mass is 10.3. The molecule has 0 atom stereocenters. The van der Waals surface area contributed by atoms with Crippen molar-refractivity contribution in [1.29, 1.82) is 0 Å². The molecule has 22 heavy (non-hydrogen) atoms. The zero-order valence-electron chi connectivity index (χ0n) is 12.1. The molecule has 1 saturated heterocycles. The molecule has 5 nitrogen and oxygen atoms in total. The highest BCUT2D eigenvalue weighted by molar-refractivity contribution is 6.34. The van der Waals surface area contributed by atoms with Crippen molar-refractivity contribution in [1.82, 2.24) is 15.5 Å². The van der Waals surface area contributed by atoms with Crippen LogP contribution in [0.15, 0.2) is 18.2 Å². The predicted octanol–water partition coefficient (Wildman–Crippen LogP) is 1.82. The number of hydrogen-bond acceptors (Lipinski definition) is 4. The van der Waals surface area contributed by atoms with Crippen LogP contribution in [0.5, 0.6) is 5.75 Å². The zero-order valence-corrected chi connectivity index (χ0v) is 14.4. The number of halogens is 3. The summed E-state index contributed by atoms with van der Waals surface area (Å²) in [7, 11) is 0. The molecule has 1 aromatic rings. The summed E-state index contributed by atoms with van der Waals surface area (Å²) in [6.07, 6.45) is 0. The van der Waals surface area contributed by atoms with Crippen molar-refractivity contribution in [2.45, 2.75) is 0 Å². The van der Waals surface area contributed by atoms with E-state index < -0.39 is 0 Å². The summed E-state index contributed by atoms with van der Waals surface area (Å²) < 4.78 is 5.37. The van der Waals surface area contributed by atoms with Crippen molar-refractivity contribution in [2.75, 3.05) is 45.9 Å². The van der Waals surface area contributed by atoms with Crippen LogP contribution in [0.3, 0.4) is 0 Å². The number of nitrogens with zero attached hydrogens (tertiary/aromatic N) is 1. The van der Waals surface area contributed by atoms with Gasteiger partial charge in [-0.2, -0.15) is 0 Å². The molecular weight excluding hydrogens is 349 g/mol. The summed E-state index contributed by atoms with van der Waals surface area (Å²) in [5.41, 5.74) is 0. The molecule has 1 aliphatic heterocycles. The normalized spacial score (nSPS) is 15.0. The molecule has 0 aromatic heterocycles. The molecule has 2 N–H and O–H groups in total. The molecular formula is C14H20Cl3N3O2. The molecule has 1 heterocycles. The first-order valence-electron chi connectivity index (χ1n) is 6.92. The minimum atomic E-state index is -0.152. The van der Waals surface area contributed by atoms with Crippen LogP contribution in [0.2, 0.25) is 10.0 Å². The molecule has 1 aromatic carbocycles. The first-order chi connectivity index (χ1) is 10.1. The molecule has 1 aliphatic rings. The smallest absolute Gasteiger partial charge is 0.257 e. The number of hydrogen-bond donors (Lipinski definition) is 2. The first kappa shape index (κ1) is 19.3. The van der Waals surface area contributed by atoms with Crippen LogP contribution in [0.1, 0.15) is 0 Å². The summed E-state index contributed by atoms with van der Waals surface area (Å²) in [6.45, 7) is 5.49. The molecule has 0 radical (unpaired) electrons. The van der Waals surface area contributed by atoms with Crippen molar-refractivity contribution >= 4 is 41.5 Å². The quantitative estimate of drug-likeness (QED) is 0.804. The van der Waals surface area contributed by atoms with Crippen molar-refractivity contribution in [3.8, 4) is 5.75 Å². The number of carbonyl (C=O) groups is 1. The Morgan fingerprint density at radius 3 is 2.50 bits per heavy atom. The van der Waals surface area contributed by atoms with E-state index in [0.717, 1.165) is 32.7 Å². The number of piperazine rings is 1. The van der Waals surface area contributed by atoms with Gasteiger partial charge in [-0.3, -0.25) is 9.69 Å². The van der Waals surface area contributed by atoms with Crippen LogP contribution in [-0.4, -0.2) is 56.7 Å². The minimum absolute atomic E-state index is 0. The Bertz CT molecular complexity index is 462. The number of carbonyl (C=O) groups excluding carboxylic acids is 1. The lowest BCUT2D eigenvalue weighted by Crippen LogP contribution is -2.46. The van der Waals surface area contributed by atoms with Gasteiger partial charge in [0, 0.05) is 49.3 Å². The molecule has 124 valence electrons. The molecule has 1 amide bonds. The standard InChI is InChI=1S/C14H19Cl2N3O2.ClH/c15-11-7-12(16)9-13(8-11)21-10-14(20)18-3-6-19-4-1-17-2-5-19;/h7-9,17H,1-6,10H2,(H,18,20);1H. The van der Waals surface area contributed by atoms with Gasteiger partial charge in [-0.15, -0.1) is 12.4 Å². The summed E-state index contributed by atoms with van der Waals surface area (Å²) >= 11 is 11.7. The number of amides is 1. The molecule has 0 aliphatic carbocycles. The summed E-state index contributed by atoms with van der Waals surface area (Å²) in [5.74, 6) is 0.339. The zero-order chi connectivity index (χ0) is 15.1. The maximum atomic E-state index is 11.7. The van der Waals surface area contributed by atoms with Crippen LogP contribution in [0.4, 0.5) is 0 Å². The van der Waals surface area contributed by atoms with Gasteiger partial charge in [-0.05, 0) is 18.2 Å². The summed E-state index contributed by atoms with van der Waals surface area (Å²) in [4.78, 5) is 14.0. The van der Waals surface area contributed by atoms with Crippen LogP contribution >= 0.6 is 35.6 Å². The topological polar surface area (TPSA) is 53.6 Å². The predicted molar refractivity (Wildman–Crippen MR) is 91.5 cm³/mol. The minimum Gasteiger partial charge on any atom is -0.484 e. The Balaban J connectivity index is 0.00000242. The average Bonchev–Trinajstić information content (AvgIpc) is 2.45. The van der Waals surface area contributed by atoms with Gasteiger partial charge in [0.1, 0.15) is 5.75 Å². The summed E-state index contributed by atoms with van der Waals surface area (Å²) in [6, 6.07) is 4.87. The van der Waals surface area contributed by atoms with E-state index in [0.29, 0.717) is 22.3 Å². The van der Waals surface area contributed by atoms with E-state index in [-0.39, 0.29) is 24.9 Å². The highest BCUT2D eigenvalue weighted by Crippen LogP contribution is 2.23. The third-order valence-electron chi connectivity index (χ3n) is 3.17. The monoisotopic (exact) mass is 367 g/mol. The van der Waals surface area contributed by atoms with Gasteiger partial charge in [-0.25, -0.2) is 0 Å². The third-order valence-corrected chi connectivity index (χ3v) is 3.60. The van der Waals surface area contributed by atoms with E-state index in [9.17, 15) is 4.79 Å². The van der Waals surface area contributed by atoms with Crippen molar-refractivity contribution in [3.63, 3.8) is 0 Å². The van der Waals surface area contributed by atoms with Gasteiger partial charge < -0.3 is 15.4 Å². The van der Waals surface area contributed by atoms with Gasteiger partial charge in [0.25, 0.3) is 5.91 Å². The Kier molecular flexibility index (Phi) is 8.90. The molecule has 0 saturated carbocycles. The van der Waals surface area contributed by atoms with E-state index in [1.807, 2.05) is 0 Å². The van der Waals surface area contributed by atoms with Gasteiger partial charge in [-0.1, -0.05) is 23.2 Å². The molecule has 0 spiro atoms. The van der Waals surface area contributed by atoms with Crippen molar-refractivity contribution in [3.05, 3.63) is 28.2 Å². The third kappa shape index (κ3) is 7.03. The number of nitrogens with one attached hydrogen (secondary N) is 2. The Morgan fingerprint density at radius 1 is 1.23 bits per heavy atom. The average molecular weight is 369 g/mol. The first-order valence-corrected chi connectivity index (χ1v) is 7.68. The Labute approximate surface area is 146 Å². The molecule has 0 unspecified atom stereocenters. The second kappa shape index (κ2) is 10.1. The second-order valence-electron chi connectivity index (χ2n) is 4.84. The van der Waals surface area contributed by atoms with Crippen LogP contribution in [0.25, 0.3) is 0 Å². The maximum Gasteiger partial charge on any atom is 0.257 e. The van der Waals surface area contributed by atoms with Gasteiger partial charge in [0.05, 0.1) is 0 Å². The SMILES string of the molecule is Cl.O=C(COc1cc(Cl)cc(Cl)c1)NCCN1CCNCC1. The second-order valence-corrected chi connectivity index (χ2v) is 5.71. The summed E-state index contributed by atoms with van der Waals surface area (Å²) in [5, 5.41) is 7.09. The molecule has 0 bridgehead atoms. The van der Waals surface area contributed by atoms with Crippen molar-refractivity contribution in [2.24, 2.45) is 0 Å². The molecule has 1 fully saturated rings. The molecule has 8 heteroatoms. The fourth-order valence-corrected chi connectivity index (χ4v) is 2.61. The van der Waals surface area contributed by atoms with E-state index >= 15 is 0 Å². The van der Waals surface area contributed by atoms with E-state index in [1.54, 1.807) is 18.2 Å². The highest BCUT2D eigenvalue weighted by Gasteiger charge is 2.09. The van der Waals surface area contributed by atoms with Gasteiger partial charge in [0.15, 0.2) is 6.61 Å². The van der Waals surface area contributed by atoms with Gasteiger partial charge in [0.2, 0.25) is 0 Å². The fourth-order valence-electron chi connectivity index (χ4n) is 2.10. The number of ether oxygens (including phenoxy) is 1. The Hall–Kier alpha value is -0.720. The van der Waals surface area contributed by atoms with Crippen LogP contribution < -0.4 is 15.4 Å².